The number of carbonyl (C=O) groups excluding carboxylic acids is 1. The Morgan fingerprint density at radius 2 is 1.57 bits per heavy atom. The lowest BCUT2D eigenvalue weighted by molar-refractivity contribution is -0.137. The van der Waals surface area contributed by atoms with Crippen LogP contribution in [0.4, 0.5) is 0 Å². The summed E-state index contributed by atoms with van der Waals surface area (Å²) < 4.78 is 11.6. The van der Waals surface area contributed by atoms with Crippen molar-refractivity contribution in [2.75, 3.05) is 6.61 Å². The summed E-state index contributed by atoms with van der Waals surface area (Å²) in [5, 5.41) is 18.4. The van der Waals surface area contributed by atoms with Crippen molar-refractivity contribution in [3.8, 4) is 11.5 Å². The Bertz CT molecular complexity index is 1070. The first-order valence-electron chi connectivity index (χ1n) is 9.58. The summed E-state index contributed by atoms with van der Waals surface area (Å²) in [6, 6.07) is 21.0. The molecule has 1 atom stereocenters. The number of fused-ring (bicyclic) bond motifs is 1. The Kier molecular flexibility index (Phi) is 5.14. The van der Waals surface area contributed by atoms with Crippen LogP contribution in [0.15, 0.2) is 72.8 Å². The number of phenols is 1. The van der Waals surface area contributed by atoms with Gasteiger partial charge in [0.25, 0.3) is 0 Å². The third-order valence-corrected chi connectivity index (χ3v) is 5.11. The quantitative estimate of drug-likeness (QED) is 0.455. The normalized spacial score (nSPS) is 17.3. The van der Waals surface area contributed by atoms with E-state index in [1.807, 2.05) is 24.3 Å². The number of hydrogen-bond acceptors (Lipinski definition) is 5. The predicted molar refractivity (Wildman–Crippen MR) is 109 cm³/mol. The lowest BCUT2D eigenvalue weighted by Crippen LogP contribution is -2.29. The van der Waals surface area contributed by atoms with Crippen LogP contribution >= 0.6 is 0 Å². The first kappa shape index (κ1) is 19.5. The van der Waals surface area contributed by atoms with Gasteiger partial charge in [-0.2, -0.15) is 0 Å². The van der Waals surface area contributed by atoms with Gasteiger partial charge in [0.15, 0.2) is 5.60 Å². The molecule has 1 aliphatic heterocycles. The van der Waals surface area contributed by atoms with Crippen LogP contribution in [0, 0.1) is 0 Å². The summed E-state index contributed by atoms with van der Waals surface area (Å²) in [4.78, 5) is 23.3. The number of ether oxygens (including phenoxy) is 2. The molecule has 4 rings (SSSR count). The molecule has 1 unspecified atom stereocenters. The molecule has 152 valence electrons. The van der Waals surface area contributed by atoms with E-state index in [1.165, 1.54) is 0 Å². The average Bonchev–Trinajstić information content (AvgIpc) is 3.06. The Morgan fingerprint density at radius 3 is 2.23 bits per heavy atom. The van der Waals surface area contributed by atoms with Gasteiger partial charge in [0.05, 0.1) is 12.2 Å². The van der Waals surface area contributed by atoms with E-state index in [0.717, 1.165) is 11.1 Å². The molecule has 0 aliphatic carbocycles. The first-order chi connectivity index (χ1) is 14.5. The van der Waals surface area contributed by atoms with Crippen LogP contribution in [0.2, 0.25) is 0 Å². The van der Waals surface area contributed by atoms with Gasteiger partial charge in [-0.25, -0.2) is 4.79 Å². The second-order valence-electron chi connectivity index (χ2n) is 7.03. The maximum absolute atomic E-state index is 12.6. The zero-order valence-corrected chi connectivity index (χ0v) is 16.1. The van der Waals surface area contributed by atoms with Gasteiger partial charge in [-0.3, -0.25) is 4.79 Å². The highest BCUT2D eigenvalue weighted by molar-refractivity contribution is 5.96. The number of carboxylic acids is 1. The Hall–Kier alpha value is -3.80. The average molecular weight is 404 g/mol. The van der Waals surface area contributed by atoms with Crippen LogP contribution in [0.1, 0.15) is 39.9 Å². The summed E-state index contributed by atoms with van der Waals surface area (Å²) in [6.07, 6.45) is 0.467. The predicted octanol–water partition coefficient (Wildman–Crippen LogP) is 4.10. The number of carbonyl (C=O) groups is 2. The third kappa shape index (κ3) is 3.48. The van der Waals surface area contributed by atoms with E-state index in [2.05, 4.69) is 0 Å². The lowest BCUT2D eigenvalue weighted by Gasteiger charge is -2.30. The van der Waals surface area contributed by atoms with Crippen molar-refractivity contribution in [2.24, 2.45) is 0 Å². The van der Waals surface area contributed by atoms with E-state index in [0.29, 0.717) is 29.9 Å². The smallest absolute Gasteiger partial charge is 0.340 e. The summed E-state index contributed by atoms with van der Waals surface area (Å²) in [5.41, 5.74) is 1.55. The van der Waals surface area contributed by atoms with Crippen LogP contribution in [0.5, 0.6) is 11.5 Å². The topological polar surface area (TPSA) is 93.1 Å². The van der Waals surface area contributed by atoms with Gasteiger partial charge in [0, 0.05) is 23.1 Å². The molecule has 0 aromatic heterocycles. The van der Waals surface area contributed by atoms with Gasteiger partial charge in [-0.1, -0.05) is 42.5 Å². The summed E-state index contributed by atoms with van der Waals surface area (Å²) in [7, 11) is 0. The largest absolute Gasteiger partial charge is 0.508 e. The third-order valence-electron chi connectivity index (χ3n) is 5.11. The maximum atomic E-state index is 12.6. The summed E-state index contributed by atoms with van der Waals surface area (Å²) in [5.74, 6) is -0.543. The van der Waals surface area contributed by atoms with Gasteiger partial charge >= 0.3 is 11.9 Å². The van der Waals surface area contributed by atoms with Gasteiger partial charge in [0.2, 0.25) is 0 Å². The summed E-state index contributed by atoms with van der Waals surface area (Å²) in [6.45, 7) is 0.298. The molecule has 0 radical (unpaired) electrons. The molecule has 0 fully saturated rings. The molecule has 1 heterocycles. The van der Waals surface area contributed by atoms with Crippen molar-refractivity contribution in [1.82, 2.24) is 0 Å². The van der Waals surface area contributed by atoms with Gasteiger partial charge < -0.3 is 19.7 Å². The molecular formula is C24H20O6. The molecule has 6 nitrogen and oxygen atoms in total. The number of aliphatic carboxylic acids is 1. The minimum atomic E-state index is -1.14. The number of benzene rings is 3. The van der Waals surface area contributed by atoms with Crippen molar-refractivity contribution in [3.63, 3.8) is 0 Å². The van der Waals surface area contributed by atoms with Crippen LogP contribution in [-0.4, -0.2) is 28.8 Å². The number of hydrogen-bond donors (Lipinski definition) is 2. The number of cyclic esters (lactones) is 1. The molecule has 1 aliphatic rings. The highest BCUT2D eigenvalue weighted by Gasteiger charge is 2.48. The molecule has 3 aromatic rings. The monoisotopic (exact) mass is 404 g/mol. The SMILES string of the molecule is O=C(O)CCCOc1ccc(C2(c3ccc(O)cc3)OC(=O)c3ccccc32)cc1. The fourth-order valence-corrected chi connectivity index (χ4v) is 3.71. The maximum Gasteiger partial charge on any atom is 0.340 e. The summed E-state index contributed by atoms with van der Waals surface area (Å²) >= 11 is 0. The fraction of sp³-hybridized carbons (Fsp3) is 0.167. The van der Waals surface area contributed by atoms with E-state index in [9.17, 15) is 14.7 Å². The molecule has 0 saturated heterocycles. The zero-order valence-electron chi connectivity index (χ0n) is 16.1. The van der Waals surface area contributed by atoms with Crippen LogP contribution in [0.3, 0.4) is 0 Å². The van der Waals surface area contributed by atoms with E-state index in [4.69, 9.17) is 14.6 Å². The van der Waals surface area contributed by atoms with Crippen molar-refractivity contribution in [1.29, 1.82) is 0 Å². The first-order valence-corrected chi connectivity index (χ1v) is 9.58. The fourth-order valence-electron chi connectivity index (χ4n) is 3.71. The molecule has 0 saturated carbocycles. The van der Waals surface area contributed by atoms with Crippen molar-refractivity contribution >= 4 is 11.9 Å². The van der Waals surface area contributed by atoms with E-state index in [-0.39, 0.29) is 12.2 Å². The van der Waals surface area contributed by atoms with Crippen LogP contribution in [0.25, 0.3) is 0 Å². The number of carboxylic acid groups (broad SMARTS) is 1. The van der Waals surface area contributed by atoms with Crippen molar-refractivity contribution < 1.29 is 29.3 Å². The molecule has 2 N–H and O–H groups in total. The van der Waals surface area contributed by atoms with Gasteiger partial charge in [-0.15, -0.1) is 0 Å². The number of phenolic OH excluding ortho intramolecular Hbond substituents is 1. The molecule has 3 aromatic carbocycles. The molecule has 0 amide bonds. The molecular weight excluding hydrogens is 384 g/mol. The molecule has 0 spiro atoms. The Balaban J connectivity index is 1.71. The standard InChI is InChI=1S/C24H20O6/c25-18-11-7-16(8-12-18)24(21-5-2-1-4-20(21)23(28)30-24)17-9-13-19(14-10-17)29-15-3-6-22(26)27/h1-2,4-5,7-14,25H,3,6,15H2,(H,26,27). The second kappa shape index (κ2) is 7.91. The van der Waals surface area contributed by atoms with Gasteiger partial charge in [-0.05, 0) is 36.8 Å². The molecule has 6 heteroatoms. The highest BCUT2D eigenvalue weighted by Crippen LogP contribution is 2.47. The van der Waals surface area contributed by atoms with E-state index in [1.54, 1.807) is 48.5 Å². The van der Waals surface area contributed by atoms with Crippen LogP contribution < -0.4 is 4.74 Å². The Labute approximate surface area is 173 Å². The lowest BCUT2D eigenvalue weighted by atomic mass is 9.80. The number of rotatable bonds is 7. The van der Waals surface area contributed by atoms with Crippen molar-refractivity contribution in [3.05, 3.63) is 95.1 Å². The van der Waals surface area contributed by atoms with E-state index < -0.39 is 17.5 Å². The van der Waals surface area contributed by atoms with Gasteiger partial charge in [0.1, 0.15) is 11.5 Å². The van der Waals surface area contributed by atoms with Crippen molar-refractivity contribution in [2.45, 2.75) is 18.4 Å². The zero-order chi connectivity index (χ0) is 21.1. The molecule has 30 heavy (non-hydrogen) atoms. The molecule has 0 bridgehead atoms. The number of aromatic hydroxyl groups is 1. The minimum absolute atomic E-state index is 0.0504. The van der Waals surface area contributed by atoms with Crippen LogP contribution in [-0.2, 0) is 15.1 Å². The van der Waals surface area contributed by atoms with E-state index >= 15 is 0 Å². The highest BCUT2D eigenvalue weighted by atomic mass is 16.6. The number of esters is 1. The second-order valence-corrected chi connectivity index (χ2v) is 7.03. The minimum Gasteiger partial charge on any atom is -0.508 e. The Morgan fingerprint density at radius 1 is 0.933 bits per heavy atom.